The Morgan fingerprint density at radius 2 is 2.06 bits per heavy atom. The second-order valence-corrected chi connectivity index (χ2v) is 4.87. The van der Waals surface area contributed by atoms with Crippen LogP contribution in [0.15, 0.2) is 18.6 Å². The average Bonchev–Trinajstić information content (AvgIpc) is 2.90. The Kier molecular flexibility index (Phi) is 3.34. The molecule has 0 unspecified atom stereocenters. The number of rotatable bonds is 2. The van der Waals surface area contributed by atoms with E-state index in [1.54, 1.807) is 12.4 Å². The molecule has 17 heavy (non-hydrogen) atoms. The standard InChI is InChI=1S/C13H19N3O/c1-2-13(12-10-14-5-6-15-12)16(7-1)11-3-8-17-9-4-11/h5-6,10-11,13H,1-4,7-9H2/t13-/m1/s1. The molecular weight excluding hydrogens is 214 g/mol. The molecule has 0 N–H and O–H groups in total. The summed E-state index contributed by atoms with van der Waals surface area (Å²) in [5.41, 5.74) is 1.14. The van der Waals surface area contributed by atoms with Gasteiger partial charge in [-0.2, -0.15) is 0 Å². The molecule has 1 aromatic heterocycles. The van der Waals surface area contributed by atoms with Crippen molar-refractivity contribution in [2.45, 2.75) is 37.8 Å². The van der Waals surface area contributed by atoms with Gasteiger partial charge in [0.1, 0.15) is 0 Å². The number of ether oxygens (including phenoxy) is 1. The van der Waals surface area contributed by atoms with E-state index in [1.807, 2.05) is 6.20 Å². The molecule has 0 saturated carbocycles. The van der Waals surface area contributed by atoms with Crippen LogP contribution in [0.1, 0.15) is 37.4 Å². The van der Waals surface area contributed by atoms with Crippen LogP contribution in [-0.2, 0) is 4.74 Å². The van der Waals surface area contributed by atoms with Crippen LogP contribution in [0.5, 0.6) is 0 Å². The zero-order valence-electron chi connectivity index (χ0n) is 10.1. The molecule has 3 heterocycles. The third-order valence-corrected chi connectivity index (χ3v) is 3.88. The first kappa shape index (κ1) is 11.1. The predicted octanol–water partition coefficient (Wildman–Crippen LogP) is 1.79. The topological polar surface area (TPSA) is 38.2 Å². The van der Waals surface area contributed by atoms with E-state index >= 15 is 0 Å². The molecule has 4 nitrogen and oxygen atoms in total. The third kappa shape index (κ3) is 2.33. The lowest BCUT2D eigenvalue weighted by Gasteiger charge is -2.35. The third-order valence-electron chi connectivity index (χ3n) is 3.88. The number of hydrogen-bond acceptors (Lipinski definition) is 4. The van der Waals surface area contributed by atoms with Gasteiger partial charge < -0.3 is 4.74 Å². The van der Waals surface area contributed by atoms with Gasteiger partial charge in [-0.05, 0) is 32.2 Å². The lowest BCUT2D eigenvalue weighted by molar-refractivity contribution is 0.0284. The molecule has 2 fully saturated rings. The van der Waals surface area contributed by atoms with Gasteiger partial charge in [-0.15, -0.1) is 0 Å². The predicted molar refractivity (Wildman–Crippen MR) is 64.6 cm³/mol. The van der Waals surface area contributed by atoms with Crippen LogP contribution >= 0.6 is 0 Å². The second-order valence-electron chi connectivity index (χ2n) is 4.87. The Morgan fingerprint density at radius 1 is 1.18 bits per heavy atom. The highest BCUT2D eigenvalue weighted by Crippen LogP contribution is 2.34. The molecule has 0 radical (unpaired) electrons. The largest absolute Gasteiger partial charge is 0.381 e. The monoisotopic (exact) mass is 233 g/mol. The highest BCUT2D eigenvalue weighted by Gasteiger charge is 2.33. The fourth-order valence-corrected chi connectivity index (χ4v) is 3.04. The number of aromatic nitrogens is 2. The molecular formula is C13H19N3O. The summed E-state index contributed by atoms with van der Waals surface area (Å²) in [4.78, 5) is 11.3. The summed E-state index contributed by atoms with van der Waals surface area (Å²) in [5.74, 6) is 0. The Bertz CT molecular complexity index is 351. The summed E-state index contributed by atoms with van der Waals surface area (Å²) in [6, 6.07) is 1.16. The summed E-state index contributed by atoms with van der Waals surface area (Å²) in [7, 11) is 0. The van der Waals surface area contributed by atoms with E-state index < -0.39 is 0 Å². The SMILES string of the molecule is c1cnc([C@H]2CCCN2C2CCOCC2)cn1. The minimum Gasteiger partial charge on any atom is -0.381 e. The minimum absolute atomic E-state index is 0.479. The van der Waals surface area contributed by atoms with Crippen LogP contribution in [0, 0.1) is 0 Å². The second kappa shape index (κ2) is 5.10. The van der Waals surface area contributed by atoms with Crippen molar-refractivity contribution in [3.8, 4) is 0 Å². The van der Waals surface area contributed by atoms with Crippen molar-refractivity contribution in [3.05, 3.63) is 24.3 Å². The average molecular weight is 233 g/mol. The summed E-state index contributed by atoms with van der Waals surface area (Å²) in [5, 5.41) is 0. The fourth-order valence-electron chi connectivity index (χ4n) is 3.04. The van der Waals surface area contributed by atoms with Crippen LogP contribution in [0.2, 0.25) is 0 Å². The van der Waals surface area contributed by atoms with Crippen LogP contribution < -0.4 is 0 Å². The summed E-state index contributed by atoms with van der Waals surface area (Å²) in [6.45, 7) is 3.02. The maximum atomic E-state index is 5.45. The summed E-state index contributed by atoms with van der Waals surface area (Å²) in [6.07, 6.45) is 10.3. The van der Waals surface area contributed by atoms with Gasteiger partial charge in [0.25, 0.3) is 0 Å². The van der Waals surface area contributed by atoms with Crippen LogP contribution in [0.3, 0.4) is 0 Å². The molecule has 0 aromatic carbocycles. The van der Waals surface area contributed by atoms with Crippen LogP contribution in [0.25, 0.3) is 0 Å². The van der Waals surface area contributed by atoms with E-state index in [2.05, 4.69) is 14.9 Å². The van der Waals surface area contributed by atoms with Crippen molar-refractivity contribution in [2.24, 2.45) is 0 Å². The lowest BCUT2D eigenvalue weighted by atomic mass is 10.0. The van der Waals surface area contributed by atoms with Gasteiger partial charge in [0, 0.05) is 37.8 Å². The summed E-state index contributed by atoms with van der Waals surface area (Å²) >= 11 is 0. The zero-order chi connectivity index (χ0) is 11.5. The Balaban J connectivity index is 1.75. The molecule has 0 bridgehead atoms. The molecule has 1 aromatic rings. The molecule has 2 aliphatic rings. The van der Waals surface area contributed by atoms with E-state index in [1.165, 1.54) is 19.4 Å². The van der Waals surface area contributed by atoms with E-state index in [9.17, 15) is 0 Å². The van der Waals surface area contributed by atoms with Gasteiger partial charge >= 0.3 is 0 Å². The maximum Gasteiger partial charge on any atom is 0.0758 e. The van der Waals surface area contributed by atoms with Gasteiger partial charge in [-0.25, -0.2) is 0 Å². The highest BCUT2D eigenvalue weighted by molar-refractivity contribution is 5.06. The molecule has 0 aliphatic carbocycles. The Labute approximate surface area is 102 Å². The van der Waals surface area contributed by atoms with E-state index in [-0.39, 0.29) is 0 Å². The minimum atomic E-state index is 0.479. The smallest absolute Gasteiger partial charge is 0.0758 e. The van der Waals surface area contributed by atoms with Gasteiger partial charge in [-0.1, -0.05) is 0 Å². The normalized spacial score (nSPS) is 27.4. The summed E-state index contributed by atoms with van der Waals surface area (Å²) < 4.78 is 5.45. The van der Waals surface area contributed by atoms with Gasteiger partial charge in [0.2, 0.25) is 0 Å². The first-order valence-electron chi connectivity index (χ1n) is 6.54. The fraction of sp³-hybridized carbons (Fsp3) is 0.692. The Hall–Kier alpha value is -1.00. The van der Waals surface area contributed by atoms with Crippen LogP contribution in [-0.4, -0.2) is 40.7 Å². The Morgan fingerprint density at radius 3 is 2.82 bits per heavy atom. The van der Waals surface area contributed by atoms with Crippen LogP contribution in [0.4, 0.5) is 0 Å². The molecule has 92 valence electrons. The quantitative estimate of drug-likeness (QED) is 0.780. The molecule has 0 amide bonds. The van der Waals surface area contributed by atoms with Crippen molar-refractivity contribution < 1.29 is 4.74 Å². The highest BCUT2D eigenvalue weighted by atomic mass is 16.5. The van der Waals surface area contributed by atoms with Crippen molar-refractivity contribution in [2.75, 3.05) is 19.8 Å². The number of nitrogens with zero attached hydrogens (tertiary/aromatic N) is 3. The molecule has 3 rings (SSSR count). The zero-order valence-corrected chi connectivity index (χ0v) is 10.1. The van der Waals surface area contributed by atoms with Crippen molar-refractivity contribution in [3.63, 3.8) is 0 Å². The van der Waals surface area contributed by atoms with Gasteiger partial charge in [-0.3, -0.25) is 14.9 Å². The van der Waals surface area contributed by atoms with E-state index in [4.69, 9.17) is 4.74 Å². The molecule has 1 atom stereocenters. The number of hydrogen-bond donors (Lipinski definition) is 0. The van der Waals surface area contributed by atoms with Gasteiger partial charge in [0.15, 0.2) is 0 Å². The lowest BCUT2D eigenvalue weighted by Crippen LogP contribution is -2.39. The van der Waals surface area contributed by atoms with Gasteiger partial charge in [0.05, 0.1) is 11.7 Å². The molecule has 4 heteroatoms. The van der Waals surface area contributed by atoms with E-state index in [0.717, 1.165) is 31.7 Å². The van der Waals surface area contributed by atoms with Crippen molar-refractivity contribution in [1.29, 1.82) is 0 Å². The van der Waals surface area contributed by atoms with Crippen molar-refractivity contribution >= 4 is 0 Å². The molecule has 0 spiro atoms. The first-order valence-corrected chi connectivity index (χ1v) is 6.54. The maximum absolute atomic E-state index is 5.45. The molecule has 2 saturated heterocycles. The van der Waals surface area contributed by atoms with E-state index in [0.29, 0.717) is 12.1 Å². The van der Waals surface area contributed by atoms with Crippen molar-refractivity contribution in [1.82, 2.24) is 14.9 Å². The first-order chi connectivity index (χ1) is 8.45. The number of likely N-dealkylation sites (tertiary alicyclic amines) is 1. The molecule has 2 aliphatic heterocycles.